The summed E-state index contributed by atoms with van der Waals surface area (Å²) < 4.78 is 0. The van der Waals surface area contributed by atoms with E-state index in [0.29, 0.717) is 13.1 Å². The van der Waals surface area contributed by atoms with Gasteiger partial charge in [0.1, 0.15) is 5.82 Å². The molecule has 0 aliphatic carbocycles. The van der Waals surface area contributed by atoms with Crippen molar-refractivity contribution in [2.24, 2.45) is 0 Å². The number of nitrogens with zero attached hydrogens (tertiary/aromatic N) is 5. The zero-order valence-corrected chi connectivity index (χ0v) is 16.7. The van der Waals surface area contributed by atoms with Crippen LogP contribution in [0.2, 0.25) is 0 Å². The van der Waals surface area contributed by atoms with Crippen LogP contribution in [0, 0.1) is 13.8 Å². The van der Waals surface area contributed by atoms with Crippen molar-refractivity contribution in [2.45, 2.75) is 26.7 Å². The van der Waals surface area contributed by atoms with Crippen molar-refractivity contribution >= 4 is 23.5 Å². The van der Waals surface area contributed by atoms with Gasteiger partial charge < -0.3 is 20.0 Å². The van der Waals surface area contributed by atoms with Gasteiger partial charge in [0.25, 0.3) is 0 Å². The highest BCUT2D eigenvalue weighted by atomic mass is 16.2. The molecule has 0 atom stereocenters. The predicted molar refractivity (Wildman–Crippen MR) is 112 cm³/mol. The maximum Gasteiger partial charge on any atom is 0.321 e. The average Bonchev–Trinajstić information content (AvgIpc) is 3.25. The lowest BCUT2D eigenvalue weighted by Crippen LogP contribution is -2.50. The molecule has 2 fully saturated rings. The SMILES string of the molecule is Cc1ccc(NC(=O)N2CCN(c3ccnc(N4CCCC4)n3)CC2)c(C)c1. The number of anilines is 3. The molecule has 28 heavy (non-hydrogen) atoms. The second-order valence-electron chi connectivity index (χ2n) is 7.63. The van der Waals surface area contributed by atoms with Crippen LogP contribution in [-0.4, -0.2) is 60.2 Å². The highest BCUT2D eigenvalue weighted by Crippen LogP contribution is 2.21. The zero-order chi connectivity index (χ0) is 19.5. The number of carbonyl (C=O) groups excluding carboxylic acids is 1. The molecule has 7 heteroatoms. The fourth-order valence-electron chi connectivity index (χ4n) is 3.87. The van der Waals surface area contributed by atoms with Crippen molar-refractivity contribution < 1.29 is 4.79 Å². The number of piperazine rings is 1. The van der Waals surface area contributed by atoms with Crippen molar-refractivity contribution in [2.75, 3.05) is 54.4 Å². The van der Waals surface area contributed by atoms with E-state index in [1.54, 1.807) is 0 Å². The molecule has 1 N–H and O–H groups in total. The Kier molecular flexibility index (Phi) is 5.32. The number of hydrogen-bond acceptors (Lipinski definition) is 5. The second-order valence-corrected chi connectivity index (χ2v) is 7.63. The minimum atomic E-state index is -0.0351. The number of aryl methyl sites for hydroxylation is 2. The molecule has 0 bridgehead atoms. The molecule has 148 valence electrons. The van der Waals surface area contributed by atoms with Gasteiger partial charge >= 0.3 is 6.03 Å². The Morgan fingerprint density at radius 1 is 0.964 bits per heavy atom. The molecular weight excluding hydrogens is 352 g/mol. The minimum Gasteiger partial charge on any atom is -0.353 e. The van der Waals surface area contributed by atoms with Gasteiger partial charge in [0.05, 0.1) is 0 Å². The van der Waals surface area contributed by atoms with Gasteiger partial charge in [0, 0.05) is 51.2 Å². The quantitative estimate of drug-likeness (QED) is 0.887. The lowest BCUT2D eigenvalue weighted by molar-refractivity contribution is 0.208. The third-order valence-electron chi connectivity index (χ3n) is 5.53. The van der Waals surface area contributed by atoms with E-state index in [-0.39, 0.29) is 6.03 Å². The maximum absolute atomic E-state index is 12.6. The van der Waals surface area contributed by atoms with E-state index >= 15 is 0 Å². The second kappa shape index (κ2) is 8.04. The molecule has 2 aliphatic heterocycles. The summed E-state index contributed by atoms with van der Waals surface area (Å²) in [5.41, 5.74) is 3.16. The van der Waals surface area contributed by atoms with Crippen LogP contribution in [0.4, 0.5) is 22.2 Å². The average molecular weight is 380 g/mol. The molecule has 2 amide bonds. The normalized spacial score (nSPS) is 17.1. The van der Waals surface area contributed by atoms with Gasteiger partial charge in [0.15, 0.2) is 0 Å². The minimum absolute atomic E-state index is 0.0351. The molecule has 2 aliphatic rings. The van der Waals surface area contributed by atoms with Crippen molar-refractivity contribution in [1.29, 1.82) is 0 Å². The fourth-order valence-corrected chi connectivity index (χ4v) is 3.87. The van der Waals surface area contributed by atoms with Crippen LogP contribution in [0.1, 0.15) is 24.0 Å². The van der Waals surface area contributed by atoms with E-state index in [0.717, 1.165) is 49.2 Å². The molecule has 4 rings (SSSR count). The monoisotopic (exact) mass is 380 g/mol. The molecule has 7 nitrogen and oxygen atoms in total. The van der Waals surface area contributed by atoms with Crippen LogP contribution in [-0.2, 0) is 0 Å². The molecule has 1 aromatic heterocycles. The van der Waals surface area contributed by atoms with E-state index in [4.69, 9.17) is 4.98 Å². The van der Waals surface area contributed by atoms with Gasteiger partial charge in [-0.2, -0.15) is 4.98 Å². The predicted octanol–water partition coefficient (Wildman–Crippen LogP) is 3.05. The van der Waals surface area contributed by atoms with Crippen LogP contribution in [0.3, 0.4) is 0 Å². The molecule has 1 aromatic carbocycles. The van der Waals surface area contributed by atoms with Gasteiger partial charge in [-0.1, -0.05) is 17.7 Å². The first-order valence-electron chi connectivity index (χ1n) is 10.1. The number of carbonyl (C=O) groups is 1. The summed E-state index contributed by atoms with van der Waals surface area (Å²) in [5.74, 6) is 1.77. The summed E-state index contributed by atoms with van der Waals surface area (Å²) in [6, 6.07) is 8.01. The van der Waals surface area contributed by atoms with Crippen molar-refractivity contribution in [3.8, 4) is 0 Å². The first-order chi connectivity index (χ1) is 13.6. The Labute approximate surface area is 166 Å². The lowest BCUT2D eigenvalue weighted by Gasteiger charge is -2.35. The molecule has 0 saturated carbocycles. The topological polar surface area (TPSA) is 64.6 Å². The molecule has 2 aromatic rings. The Morgan fingerprint density at radius 3 is 2.43 bits per heavy atom. The number of urea groups is 1. The Bertz CT molecular complexity index is 841. The van der Waals surface area contributed by atoms with Gasteiger partial charge in [-0.05, 0) is 44.4 Å². The highest BCUT2D eigenvalue weighted by molar-refractivity contribution is 5.90. The maximum atomic E-state index is 12.6. The van der Waals surface area contributed by atoms with Crippen LogP contribution in [0.25, 0.3) is 0 Å². The summed E-state index contributed by atoms with van der Waals surface area (Å²) in [5, 5.41) is 3.04. The van der Waals surface area contributed by atoms with Gasteiger partial charge in [-0.25, -0.2) is 9.78 Å². The number of rotatable bonds is 3. The van der Waals surface area contributed by atoms with Crippen LogP contribution >= 0.6 is 0 Å². The summed E-state index contributed by atoms with van der Waals surface area (Å²) in [4.78, 5) is 28.2. The van der Waals surface area contributed by atoms with E-state index < -0.39 is 0 Å². The summed E-state index contributed by atoms with van der Waals surface area (Å²) in [7, 11) is 0. The third-order valence-corrected chi connectivity index (χ3v) is 5.53. The first-order valence-corrected chi connectivity index (χ1v) is 10.1. The molecule has 2 saturated heterocycles. The van der Waals surface area contributed by atoms with Gasteiger partial charge in [-0.15, -0.1) is 0 Å². The molecule has 0 unspecified atom stereocenters. The summed E-state index contributed by atoms with van der Waals surface area (Å²) in [6.45, 7) is 9.06. The molecular formula is C21H28N6O. The Morgan fingerprint density at radius 2 is 1.71 bits per heavy atom. The Balaban J connectivity index is 1.35. The molecule has 0 radical (unpaired) electrons. The smallest absolute Gasteiger partial charge is 0.321 e. The number of benzene rings is 1. The standard InChI is InChI=1S/C21H28N6O/c1-16-5-6-18(17(2)15-16)23-21(28)27-13-11-25(12-14-27)19-7-8-22-20(24-19)26-9-3-4-10-26/h5-8,15H,3-4,9-14H2,1-2H3,(H,23,28). The summed E-state index contributed by atoms with van der Waals surface area (Å²) >= 11 is 0. The first kappa shape index (κ1) is 18.5. The van der Waals surface area contributed by atoms with Crippen LogP contribution in [0.15, 0.2) is 30.5 Å². The summed E-state index contributed by atoms with van der Waals surface area (Å²) in [6.07, 6.45) is 4.26. The number of nitrogens with one attached hydrogen (secondary N) is 1. The van der Waals surface area contributed by atoms with Crippen LogP contribution < -0.4 is 15.1 Å². The van der Waals surface area contributed by atoms with Crippen LogP contribution in [0.5, 0.6) is 0 Å². The number of hydrogen-bond donors (Lipinski definition) is 1. The van der Waals surface area contributed by atoms with Gasteiger partial charge in [-0.3, -0.25) is 0 Å². The molecule has 3 heterocycles. The number of aromatic nitrogens is 2. The van der Waals surface area contributed by atoms with E-state index in [1.807, 2.05) is 36.2 Å². The van der Waals surface area contributed by atoms with Crippen molar-refractivity contribution in [3.05, 3.63) is 41.6 Å². The fraction of sp³-hybridized carbons (Fsp3) is 0.476. The van der Waals surface area contributed by atoms with E-state index in [1.165, 1.54) is 18.4 Å². The molecule has 0 spiro atoms. The third kappa shape index (κ3) is 4.03. The Hall–Kier alpha value is -2.83. The number of amides is 2. The van der Waals surface area contributed by atoms with Crippen molar-refractivity contribution in [3.63, 3.8) is 0 Å². The largest absolute Gasteiger partial charge is 0.353 e. The van der Waals surface area contributed by atoms with Crippen molar-refractivity contribution in [1.82, 2.24) is 14.9 Å². The lowest BCUT2D eigenvalue weighted by atomic mass is 10.1. The van der Waals surface area contributed by atoms with E-state index in [2.05, 4.69) is 33.1 Å². The highest BCUT2D eigenvalue weighted by Gasteiger charge is 2.23. The van der Waals surface area contributed by atoms with E-state index in [9.17, 15) is 4.79 Å². The van der Waals surface area contributed by atoms with Gasteiger partial charge in [0.2, 0.25) is 5.95 Å². The zero-order valence-electron chi connectivity index (χ0n) is 16.7.